The molecule has 1 N–H and O–H groups in total. The first kappa shape index (κ1) is 18.1. The molecule has 0 spiro atoms. The lowest BCUT2D eigenvalue weighted by atomic mass is 9.84. The van der Waals surface area contributed by atoms with Gasteiger partial charge >= 0.3 is 0 Å². The number of halogens is 1. The third-order valence-electron chi connectivity index (χ3n) is 6.28. The first-order valence-corrected chi connectivity index (χ1v) is 10.5. The molecule has 1 amide bonds. The molecular formula is C21H30ClN3O. The maximum atomic E-state index is 13.0. The minimum Gasteiger partial charge on any atom is -0.382 e. The highest BCUT2D eigenvalue weighted by Gasteiger charge is 2.37. The molecule has 0 radical (unpaired) electrons. The molecule has 4 rings (SSSR count). The number of benzene rings is 1. The monoisotopic (exact) mass is 375 g/mol. The SMILES string of the molecule is CC1CN(C2CC2)CCN1C(=O)C1CCC(Nc2cccc(Cl)c2)CC1. The van der Waals surface area contributed by atoms with Crippen LogP contribution in [0.4, 0.5) is 5.69 Å². The Morgan fingerprint density at radius 3 is 2.54 bits per heavy atom. The van der Waals surface area contributed by atoms with Crippen molar-refractivity contribution < 1.29 is 4.79 Å². The van der Waals surface area contributed by atoms with Crippen molar-refractivity contribution in [2.24, 2.45) is 5.92 Å². The molecule has 1 unspecified atom stereocenters. The van der Waals surface area contributed by atoms with Gasteiger partial charge in [0.2, 0.25) is 5.91 Å². The molecule has 2 saturated carbocycles. The fourth-order valence-corrected chi connectivity index (χ4v) is 4.81. The molecule has 3 aliphatic rings. The second-order valence-corrected chi connectivity index (χ2v) is 8.75. The predicted octanol–water partition coefficient (Wildman–Crippen LogP) is 4.01. The molecule has 2 aliphatic carbocycles. The van der Waals surface area contributed by atoms with E-state index < -0.39 is 0 Å². The summed E-state index contributed by atoms with van der Waals surface area (Å²) in [5, 5.41) is 4.34. The lowest BCUT2D eigenvalue weighted by Crippen LogP contribution is -2.56. The highest BCUT2D eigenvalue weighted by atomic mass is 35.5. The smallest absolute Gasteiger partial charge is 0.226 e. The summed E-state index contributed by atoms with van der Waals surface area (Å²) in [6, 6.07) is 9.52. The van der Waals surface area contributed by atoms with E-state index in [2.05, 4.69) is 28.1 Å². The first-order valence-electron chi connectivity index (χ1n) is 10.2. The summed E-state index contributed by atoms with van der Waals surface area (Å²) in [6.45, 7) is 5.25. The van der Waals surface area contributed by atoms with E-state index in [1.807, 2.05) is 18.2 Å². The molecule has 0 aromatic heterocycles. The van der Waals surface area contributed by atoms with Gasteiger partial charge in [-0.3, -0.25) is 9.69 Å². The number of piperazine rings is 1. The van der Waals surface area contributed by atoms with Crippen LogP contribution in [0.1, 0.15) is 45.4 Å². The zero-order chi connectivity index (χ0) is 18.1. The molecular weight excluding hydrogens is 346 g/mol. The van der Waals surface area contributed by atoms with Gasteiger partial charge in [0.1, 0.15) is 0 Å². The van der Waals surface area contributed by atoms with Gasteiger partial charge in [0, 0.05) is 54.4 Å². The van der Waals surface area contributed by atoms with E-state index in [0.29, 0.717) is 18.0 Å². The molecule has 1 atom stereocenters. The van der Waals surface area contributed by atoms with E-state index in [-0.39, 0.29) is 5.92 Å². The molecule has 5 heteroatoms. The van der Waals surface area contributed by atoms with Gasteiger partial charge in [-0.15, -0.1) is 0 Å². The number of nitrogens with one attached hydrogen (secondary N) is 1. The van der Waals surface area contributed by atoms with Crippen LogP contribution in [-0.4, -0.2) is 53.5 Å². The molecule has 1 aromatic rings. The zero-order valence-electron chi connectivity index (χ0n) is 15.7. The predicted molar refractivity (Wildman–Crippen MR) is 107 cm³/mol. The lowest BCUT2D eigenvalue weighted by molar-refractivity contribution is -0.141. The molecule has 26 heavy (non-hydrogen) atoms. The van der Waals surface area contributed by atoms with E-state index >= 15 is 0 Å². The van der Waals surface area contributed by atoms with Crippen LogP contribution in [0, 0.1) is 5.92 Å². The third kappa shape index (κ3) is 4.17. The van der Waals surface area contributed by atoms with Crippen LogP contribution in [0.2, 0.25) is 5.02 Å². The summed E-state index contributed by atoms with van der Waals surface area (Å²) in [7, 11) is 0. The Labute approximate surface area is 161 Å². The van der Waals surface area contributed by atoms with Crippen LogP contribution in [0.3, 0.4) is 0 Å². The molecule has 3 fully saturated rings. The van der Waals surface area contributed by atoms with Gasteiger partial charge in [-0.25, -0.2) is 0 Å². The number of rotatable bonds is 4. The van der Waals surface area contributed by atoms with Gasteiger partial charge < -0.3 is 10.2 Å². The number of hydrogen-bond acceptors (Lipinski definition) is 3. The van der Waals surface area contributed by atoms with Gasteiger partial charge in [-0.2, -0.15) is 0 Å². The molecule has 1 aliphatic heterocycles. The molecule has 1 heterocycles. The third-order valence-corrected chi connectivity index (χ3v) is 6.51. The van der Waals surface area contributed by atoms with E-state index in [0.717, 1.165) is 62.1 Å². The largest absolute Gasteiger partial charge is 0.382 e. The van der Waals surface area contributed by atoms with Crippen molar-refractivity contribution >= 4 is 23.2 Å². The lowest BCUT2D eigenvalue weighted by Gasteiger charge is -2.42. The highest BCUT2D eigenvalue weighted by Crippen LogP contribution is 2.32. The Hall–Kier alpha value is -1.26. The second-order valence-electron chi connectivity index (χ2n) is 8.31. The fraction of sp³-hybridized carbons (Fsp3) is 0.667. The molecule has 4 nitrogen and oxygen atoms in total. The Kier molecular flexibility index (Phi) is 5.42. The average molecular weight is 376 g/mol. The Bertz CT molecular complexity index is 640. The molecule has 1 aromatic carbocycles. The van der Waals surface area contributed by atoms with Crippen LogP contribution >= 0.6 is 11.6 Å². The fourth-order valence-electron chi connectivity index (χ4n) is 4.62. The first-order chi connectivity index (χ1) is 12.6. The number of hydrogen-bond donors (Lipinski definition) is 1. The number of carbonyl (C=O) groups is 1. The van der Waals surface area contributed by atoms with E-state index in [1.54, 1.807) is 0 Å². The second kappa shape index (κ2) is 7.77. The minimum atomic E-state index is 0.210. The molecule has 1 saturated heterocycles. The number of nitrogens with zero attached hydrogens (tertiary/aromatic N) is 2. The van der Waals surface area contributed by atoms with Crippen LogP contribution in [0.25, 0.3) is 0 Å². The van der Waals surface area contributed by atoms with E-state index in [9.17, 15) is 4.79 Å². The van der Waals surface area contributed by atoms with Gasteiger partial charge in [-0.05, 0) is 63.6 Å². The number of amides is 1. The van der Waals surface area contributed by atoms with E-state index in [1.165, 1.54) is 12.8 Å². The summed E-state index contributed by atoms with van der Waals surface area (Å²) in [6.07, 6.45) is 6.80. The topological polar surface area (TPSA) is 35.6 Å². The van der Waals surface area contributed by atoms with Gasteiger partial charge in [-0.1, -0.05) is 17.7 Å². The summed E-state index contributed by atoms with van der Waals surface area (Å²) >= 11 is 6.07. The van der Waals surface area contributed by atoms with E-state index in [4.69, 9.17) is 11.6 Å². The molecule has 0 bridgehead atoms. The quantitative estimate of drug-likeness (QED) is 0.863. The summed E-state index contributed by atoms with van der Waals surface area (Å²) < 4.78 is 0. The van der Waals surface area contributed by atoms with Crippen LogP contribution in [0.15, 0.2) is 24.3 Å². The van der Waals surface area contributed by atoms with Crippen molar-refractivity contribution in [3.63, 3.8) is 0 Å². The summed E-state index contributed by atoms with van der Waals surface area (Å²) in [5.74, 6) is 0.608. The van der Waals surface area contributed by atoms with Crippen LogP contribution in [0.5, 0.6) is 0 Å². The van der Waals surface area contributed by atoms with Gasteiger partial charge in [0.05, 0.1) is 0 Å². The van der Waals surface area contributed by atoms with Crippen LogP contribution in [-0.2, 0) is 4.79 Å². The standard InChI is InChI=1S/C21H30ClN3O/c1-15-14-24(20-9-10-20)11-12-25(15)21(26)16-5-7-18(8-6-16)23-19-4-2-3-17(22)13-19/h2-4,13,15-16,18,20,23H,5-12,14H2,1H3. The van der Waals surface area contributed by atoms with Gasteiger partial charge in [0.25, 0.3) is 0 Å². The molecule has 142 valence electrons. The number of anilines is 1. The van der Waals surface area contributed by atoms with Crippen molar-refractivity contribution in [3.05, 3.63) is 29.3 Å². The minimum absolute atomic E-state index is 0.210. The Balaban J connectivity index is 1.26. The summed E-state index contributed by atoms with van der Waals surface area (Å²) in [4.78, 5) is 17.8. The van der Waals surface area contributed by atoms with Crippen molar-refractivity contribution in [3.8, 4) is 0 Å². The van der Waals surface area contributed by atoms with Gasteiger partial charge in [0.15, 0.2) is 0 Å². The van der Waals surface area contributed by atoms with Crippen molar-refractivity contribution in [2.45, 2.75) is 63.6 Å². The van der Waals surface area contributed by atoms with Crippen LogP contribution < -0.4 is 5.32 Å². The normalized spacial score (nSPS) is 30.2. The number of carbonyl (C=O) groups excluding carboxylic acids is 1. The maximum Gasteiger partial charge on any atom is 0.226 e. The maximum absolute atomic E-state index is 13.0. The zero-order valence-corrected chi connectivity index (χ0v) is 16.4. The van der Waals surface area contributed by atoms with Crippen molar-refractivity contribution in [1.82, 2.24) is 9.80 Å². The summed E-state index contributed by atoms with van der Waals surface area (Å²) in [5.41, 5.74) is 1.08. The Morgan fingerprint density at radius 2 is 1.88 bits per heavy atom. The average Bonchev–Trinajstić information content (AvgIpc) is 3.47. The highest BCUT2D eigenvalue weighted by molar-refractivity contribution is 6.30. The Morgan fingerprint density at radius 1 is 1.12 bits per heavy atom. The van der Waals surface area contributed by atoms with Crippen molar-refractivity contribution in [1.29, 1.82) is 0 Å². The van der Waals surface area contributed by atoms with Crippen molar-refractivity contribution in [2.75, 3.05) is 25.0 Å².